The van der Waals surface area contributed by atoms with Gasteiger partial charge in [-0.05, 0) is 27.9 Å². The molecule has 22 heavy (non-hydrogen) atoms. The van der Waals surface area contributed by atoms with Crippen molar-refractivity contribution in [3.8, 4) is 0 Å². The van der Waals surface area contributed by atoms with E-state index in [0.29, 0.717) is 4.47 Å². The van der Waals surface area contributed by atoms with Gasteiger partial charge in [0.15, 0.2) is 0 Å². The molecule has 1 aromatic carbocycles. The van der Waals surface area contributed by atoms with Crippen LogP contribution < -0.4 is 10.5 Å². The Balaban J connectivity index is 1.67. The zero-order valence-electron chi connectivity index (χ0n) is 12.3. The number of rotatable bonds is 3. The average molecular weight is 363 g/mol. The van der Waals surface area contributed by atoms with Gasteiger partial charge in [0.1, 0.15) is 4.47 Å². The van der Waals surface area contributed by atoms with Gasteiger partial charge in [-0.1, -0.05) is 30.3 Å². The molecular formula is C16H19BrN4O. The van der Waals surface area contributed by atoms with E-state index in [4.69, 9.17) is 0 Å². The van der Waals surface area contributed by atoms with Crippen LogP contribution in [0.2, 0.25) is 0 Å². The number of anilines is 1. The minimum atomic E-state index is -0.178. The summed E-state index contributed by atoms with van der Waals surface area (Å²) in [5, 5.41) is 6.36. The maximum atomic E-state index is 11.7. The van der Waals surface area contributed by atoms with Crippen LogP contribution in [0.4, 0.5) is 5.69 Å². The fourth-order valence-corrected chi connectivity index (χ4v) is 3.25. The molecule has 0 radical (unpaired) electrons. The van der Waals surface area contributed by atoms with Gasteiger partial charge in [0.05, 0.1) is 11.9 Å². The summed E-state index contributed by atoms with van der Waals surface area (Å²) in [4.78, 5) is 16.4. The Morgan fingerprint density at radius 3 is 2.77 bits per heavy atom. The predicted molar refractivity (Wildman–Crippen MR) is 91.1 cm³/mol. The molecule has 0 saturated carbocycles. The van der Waals surface area contributed by atoms with Crippen molar-refractivity contribution in [1.82, 2.24) is 15.1 Å². The molecule has 1 fully saturated rings. The van der Waals surface area contributed by atoms with E-state index in [-0.39, 0.29) is 5.56 Å². The average Bonchev–Trinajstić information content (AvgIpc) is 2.77. The number of benzene rings is 1. The Bertz CT molecular complexity index is 673. The number of nitrogens with zero attached hydrogens (tertiary/aromatic N) is 3. The van der Waals surface area contributed by atoms with Crippen LogP contribution in [0.15, 0.2) is 45.8 Å². The first-order valence-corrected chi connectivity index (χ1v) is 8.28. The highest BCUT2D eigenvalue weighted by Gasteiger charge is 2.18. The van der Waals surface area contributed by atoms with Gasteiger partial charge >= 0.3 is 0 Å². The number of H-pyrrole nitrogens is 1. The first-order valence-electron chi connectivity index (χ1n) is 7.48. The van der Waals surface area contributed by atoms with Gasteiger partial charge in [-0.3, -0.25) is 9.69 Å². The zero-order chi connectivity index (χ0) is 15.4. The normalized spacial score (nSPS) is 16.5. The van der Waals surface area contributed by atoms with Gasteiger partial charge < -0.3 is 4.90 Å². The molecule has 1 N–H and O–H groups in total. The third-order valence-electron chi connectivity index (χ3n) is 3.96. The smallest absolute Gasteiger partial charge is 0.280 e. The van der Waals surface area contributed by atoms with E-state index in [1.54, 1.807) is 6.20 Å². The number of hydrogen-bond donors (Lipinski definition) is 1. The number of aromatic nitrogens is 2. The summed E-state index contributed by atoms with van der Waals surface area (Å²) in [7, 11) is 0. The molecule has 5 nitrogen and oxygen atoms in total. The summed E-state index contributed by atoms with van der Waals surface area (Å²) in [6, 6.07) is 10.5. The van der Waals surface area contributed by atoms with E-state index in [1.165, 1.54) is 5.56 Å². The molecule has 2 heterocycles. The molecule has 116 valence electrons. The van der Waals surface area contributed by atoms with E-state index in [2.05, 4.69) is 60.2 Å². The lowest BCUT2D eigenvalue weighted by Crippen LogP contribution is -2.31. The van der Waals surface area contributed by atoms with Gasteiger partial charge in [-0.25, -0.2) is 5.10 Å². The zero-order valence-corrected chi connectivity index (χ0v) is 13.9. The van der Waals surface area contributed by atoms with Gasteiger partial charge in [0.25, 0.3) is 5.56 Å². The van der Waals surface area contributed by atoms with Crippen LogP contribution >= 0.6 is 15.9 Å². The second kappa shape index (κ2) is 7.07. The van der Waals surface area contributed by atoms with Gasteiger partial charge in [-0.2, -0.15) is 5.10 Å². The third-order valence-corrected chi connectivity index (χ3v) is 4.72. The van der Waals surface area contributed by atoms with E-state index in [9.17, 15) is 4.79 Å². The van der Waals surface area contributed by atoms with Crippen LogP contribution in [0.25, 0.3) is 0 Å². The molecule has 0 amide bonds. The van der Waals surface area contributed by atoms with E-state index in [1.807, 2.05) is 6.07 Å². The van der Waals surface area contributed by atoms with Crippen LogP contribution in [-0.2, 0) is 6.54 Å². The second-order valence-electron chi connectivity index (χ2n) is 5.50. The van der Waals surface area contributed by atoms with E-state index >= 15 is 0 Å². The van der Waals surface area contributed by atoms with Crippen molar-refractivity contribution in [2.75, 3.05) is 31.1 Å². The van der Waals surface area contributed by atoms with Crippen molar-refractivity contribution in [3.63, 3.8) is 0 Å². The summed E-state index contributed by atoms with van der Waals surface area (Å²) in [5.41, 5.74) is 2.04. The van der Waals surface area contributed by atoms with Gasteiger partial charge in [0.2, 0.25) is 0 Å². The Kier molecular flexibility index (Phi) is 4.90. The molecule has 0 atom stereocenters. The van der Waals surface area contributed by atoms with Gasteiger partial charge in [-0.15, -0.1) is 0 Å². The quantitative estimate of drug-likeness (QED) is 0.909. The molecule has 1 aromatic heterocycles. The summed E-state index contributed by atoms with van der Waals surface area (Å²) in [5.74, 6) is 0. The predicted octanol–water partition coefficient (Wildman–Crippen LogP) is 2.24. The van der Waals surface area contributed by atoms with Crippen molar-refractivity contribution in [1.29, 1.82) is 0 Å². The third kappa shape index (κ3) is 3.56. The lowest BCUT2D eigenvalue weighted by molar-refractivity contribution is 0.285. The molecule has 0 bridgehead atoms. The maximum absolute atomic E-state index is 11.7. The lowest BCUT2D eigenvalue weighted by Gasteiger charge is -2.23. The first-order chi connectivity index (χ1) is 10.7. The highest BCUT2D eigenvalue weighted by molar-refractivity contribution is 9.10. The van der Waals surface area contributed by atoms with Crippen LogP contribution in [0.3, 0.4) is 0 Å². The monoisotopic (exact) mass is 362 g/mol. The molecule has 2 aromatic rings. The molecule has 0 aliphatic carbocycles. The molecule has 1 saturated heterocycles. The van der Waals surface area contributed by atoms with Crippen LogP contribution in [0, 0.1) is 0 Å². The highest BCUT2D eigenvalue weighted by atomic mass is 79.9. The first kappa shape index (κ1) is 15.2. The molecule has 0 spiro atoms. The van der Waals surface area contributed by atoms with Crippen molar-refractivity contribution < 1.29 is 0 Å². The Hall–Kier alpha value is -1.66. The van der Waals surface area contributed by atoms with Crippen molar-refractivity contribution in [2.24, 2.45) is 0 Å². The van der Waals surface area contributed by atoms with Gasteiger partial charge in [0, 0.05) is 32.7 Å². The highest BCUT2D eigenvalue weighted by Crippen LogP contribution is 2.22. The molecule has 1 aliphatic rings. The Labute approximate surface area is 138 Å². The minimum absolute atomic E-state index is 0.178. The molecule has 0 unspecified atom stereocenters. The maximum Gasteiger partial charge on any atom is 0.280 e. The summed E-state index contributed by atoms with van der Waals surface area (Å²) in [6.07, 6.45) is 2.80. The van der Waals surface area contributed by atoms with Crippen LogP contribution in [-0.4, -0.2) is 41.3 Å². The van der Waals surface area contributed by atoms with Crippen LogP contribution in [0.5, 0.6) is 0 Å². The van der Waals surface area contributed by atoms with Crippen LogP contribution in [0.1, 0.15) is 12.0 Å². The van der Waals surface area contributed by atoms with Crippen molar-refractivity contribution >= 4 is 21.6 Å². The number of halogens is 1. The lowest BCUT2D eigenvalue weighted by atomic mass is 10.2. The van der Waals surface area contributed by atoms with Crippen molar-refractivity contribution in [2.45, 2.75) is 13.0 Å². The SMILES string of the molecule is O=c1[nH]ncc(N2CCCN(Cc3ccccc3)CC2)c1Br. The molecular weight excluding hydrogens is 344 g/mol. The Morgan fingerprint density at radius 1 is 1.14 bits per heavy atom. The van der Waals surface area contributed by atoms with Crippen molar-refractivity contribution in [3.05, 3.63) is 56.9 Å². The molecule has 3 rings (SSSR count). The second-order valence-corrected chi connectivity index (χ2v) is 6.29. The standard InChI is InChI=1S/C16H19BrN4O/c17-15-14(11-18-19-16(15)22)21-8-4-7-20(9-10-21)12-13-5-2-1-3-6-13/h1-3,5-6,11H,4,7-10,12H2,(H,19,22). The topological polar surface area (TPSA) is 52.2 Å². The number of hydrogen-bond acceptors (Lipinski definition) is 4. The number of nitrogens with one attached hydrogen (secondary N) is 1. The summed E-state index contributed by atoms with van der Waals surface area (Å²) < 4.78 is 0.569. The summed E-state index contributed by atoms with van der Waals surface area (Å²) in [6.45, 7) is 4.86. The Morgan fingerprint density at radius 2 is 1.95 bits per heavy atom. The number of aromatic amines is 1. The van der Waals surface area contributed by atoms with E-state index < -0.39 is 0 Å². The summed E-state index contributed by atoms with van der Waals surface area (Å²) >= 11 is 3.37. The minimum Gasteiger partial charge on any atom is -0.368 e. The molecule has 6 heteroatoms. The molecule has 1 aliphatic heterocycles. The van der Waals surface area contributed by atoms with E-state index in [0.717, 1.165) is 44.8 Å². The fraction of sp³-hybridized carbons (Fsp3) is 0.375. The fourth-order valence-electron chi connectivity index (χ4n) is 2.81. The largest absolute Gasteiger partial charge is 0.368 e.